The molecule has 2 aromatic rings. The zero-order valence-electron chi connectivity index (χ0n) is 13.1. The van der Waals surface area contributed by atoms with E-state index in [1.54, 1.807) is 25.1 Å². The molecule has 2 aromatic carbocycles. The Morgan fingerprint density at radius 1 is 1.21 bits per heavy atom. The standard InChI is InChI=1S/C18H17BrClNO3/c1-2-24-18(23)16(10-12-6-4-3-5-7-12)21-17(22)14-11-13(19)8-9-15(14)20/h3-9,11,16H,2,10H2,1H3,(H,21,22). The van der Waals surface area contributed by atoms with Crippen LogP contribution in [0.25, 0.3) is 0 Å². The molecule has 1 atom stereocenters. The average Bonchev–Trinajstić information content (AvgIpc) is 2.57. The molecule has 0 heterocycles. The molecule has 0 radical (unpaired) electrons. The Morgan fingerprint density at radius 3 is 2.58 bits per heavy atom. The van der Waals surface area contributed by atoms with Crippen molar-refractivity contribution < 1.29 is 14.3 Å². The monoisotopic (exact) mass is 409 g/mol. The molecule has 0 aliphatic carbocycles. The smallest absolute Gasteiger partial charge is 0.328 e. The van der Waals surface area contributed by atoms with Crippen molar-refractivity contribution in [2.75, 3.05) is 6.61 Å². The number of rotatable bonds is 6. The first-order chi connectivity index (χ1) is 11.5. The van der Waals surface area contributed by atoms with E-state index in [0.29, 0.717) is 17.0 Å². The van der Waals surface area contributed by atoms with Crippen molar-refractivity contribution in [2.45, 2.75) is 19.4 Å². The Hall–Kier alpha value is -1.85. The van der Waals surface area contributed by atoms with Gasteiger partial charge in [-0.05, 0) is 30.7 Å². The van der Waals surface area contributed by atoms with E-state index >= 15 is 0 Å². The van der Waals surface area contributed by atoms with Gasteiger partial charge in [-0.1, -0.05) is 57.9 Å². The van der Waals surface area contributed by atoms with Gasteiger partial charge in [0, 0.05) is 10.9 Å². The maximum absolute atomic E-state index is 12.5. The lowest BCUT2D eigenvalue weighted by molar-refractivity contribution is -0.145. The van der Waals surface area contributed by atoms with Gasteiger partial charge < -0.3 is 10.1 Å². The fourth-order valence-corrected chi connectivity index (χ4v) is 2.76. The van der Waals surface area contributed by atoms with E-state index in [2.05, 4.69) is 21.2 Å². The quantitative estimate of drug-likeness (QED) is 0.732. The minimum atomic E-state index is -0.783. The normalized spacial score (nSPS) is 11.6. The Labute approximate surface area is 154 Å². The number of benzene rings is 2. The predicted octanol–water partition coefficient (Wildman–Crippen LogP) is 4.01. The van der Waals surface area contributed by atoms with E-state index in [1.807, 2.05) is 30.3 Å². The van der Waals surface area contributed by atoms with Gasteiger partial charge in [0.15, 0.2) is 0 Å². The minimum absolute atomic E-state index is 0.248. The van der Waals surface area contributed by atoms with Crippen LogP contribution in [0, 0.1) is 0 Å². The number of carbonyl (C=O) groups excluding carboxylic acids is 2. The number of nitrogens with one attached hydrogen (secondary N) is 1. The first-order valence-corrected chi connectivity index (χ1v) is 8.64. The molecule has 0 spiro atoms. The topological polar surface area (TPSA) is 55.4 Å². The van der Waals surface area contributed by atoms with Gasteiger partial charge in [0.2, 0.25) is 0 Å². The largest absolute Gasteiger partial charge is 0.464 e. The van der Waals surface area contributed by atoms with Crippen LogP contribution < -0.4 is 5.32 Å². The third kappa shape index (κ3) is 5.08. The van der Waals surface area contributed by atoms with Crippen LogP contribution in [0.1, 0.15) is 22.8 Å². The van der Waals surface area contributed by atoms with Gasteiger partial charge in [-0.25, -0.2) is 4.79 Å². The molecule has 0 saturated heterocycles. The molecule has 2 rings (SSSR count). The molecule has 0 aliphatic rings. The summed E-state index contributed by atoms with van der Waals surface area (Å²) in [5.41, 5.74) is 1.23. The molecule has 1 amide bonds. The van der Waals surface area contributed by atoms with E-state index < -0.39 is 17.9 Å². The Balaban J connectivity index is 2.19. The summed E-state index contributed by atoms with van der Waals surface area (Å²) in [7, 11) is 0. The SMILES string of the molecule is CCOC(=O)C(Cc1ccccc1)NC(=O)c1cc(Br)ccc1Cl. The fraction of sp³-hybridized carbons (Fsp3) is 0.222. The molecule has 0 bridgehead atoms. The molecule has 6 heteroatoms. The van der Waals surface area contributed by atoms with Crippen LogP contribution >= 0.6 is 27.5 Å². The van der Waals surface area contributed by atoms with Crippen LogP contribution in [0.4, 0.5) is 0 Å². The molecule has 1 unspecified atom stereocenters. The van der Waals surface area contributed by atoms with E-state index in [9.17, 15) is 9.59 Å². The first kappa shape index (κ1) is 18.5. The van der Waals surface area contributed by atoms with Crippen LogP contribution in [0.3, 0.4) is 0 Å². The average molecular weight is 411 g/mol. The van der Waals surface area contributed by atoms with Crippen molar-refractivity contribution in [3.05, 3.63) is 69.2 Å². The number of ether oxygens (including phenoxy) is 1. The molecular formula is C18H17BrClNO3. The second-order valence-corrected chi connectivity index (χ2v) is 6.41. The van der Waals surface area contributed by atoms with Crippen molar-refractivity contribution in [1.29, 1.82) is 0 Å². The van der Waals surface area contributed by atoms with Gasteiger partial charge in [-0.15, -0.1) is 0 Å². The zero-order valence-corrected chi connectivity index (χ0v) is 15.4. The van der Waals surface area contributed by atoms with Gasteiger partial charge >= 0.3 is 5.97 Å². The highest BCUT2D eigenvalue weighted by Gasteiger charge is 2.24. The van der Waals surface area contributed by atoms with Gasteiger partial charge in [-0.2, -0.15) is 0 Å². The van der Waals surface area contributed by atoms with Crippen molar-refractivity contribution in [1.82, 2.24) is 5.32 Å². The predicted molar refractivity (Wildman–Crippen MR) is 97.2 cm³/mol. The summed E-state index contributed by atoms with van der Waals surface area (Å²) >= 11 is 9.39. The Morgan fingerprint density at radius 2 is 1.92 bits per heavy atom. The summed E-state index contributed by atoms with van der Waals surface area (Å²) in [5, 5.41) is 3.03. The lowest BCUT2D eigenvalue weighted by Gasteiger charge is -2.18. The van der Waals surface area contributed by atoms with Gasteiger partial charge in [-0.3, -0.25) is 4.79 Å². The minimum Gasteiger partial charge on any atom is -0.464 e. The van der Waals surface area contributed by atoms with Crippen LogP contribution in [0.15, 0.2) is 53.0 Å². The molecule has 0 fully saturated rings. The van der Waals surface area contributed by atoms with Gasteiger partial charge in [0.25, 0.3) is 5.91 Å². The van der Waals surface area contributed by atoms with Crippen LogP contribution in [-0.2, 0) is 16.0 Å². The van der Waals surface area contributed by atoms with E-state index in [0.717, 1.165) is 10.0 Å². The van der Waals surface area contributed by atoms with Crippen molar-refractivity contribution in [3.63, 3.8) is 0 Å². The van der Waals surface area contributed by atoms with Gasteiger partial charge in [0.1, 0.15) is 6.04 Å². The zero-order chi connectivity index (χ0) is 17.5. The number of hydrogen-bond donors (Lipinski definition) is 1. The number of halogens is 2. The highest BCUT2D eigenvalue weighted by molar-refractivity contribution is 9.10. The molecule has 0 aliphatic heterocycles. The molecule has 126 valence electrons. The van der Waals surface area contributed by atoms with Crippen molar-refractivity contribution in [2.24, 2.45) is 0 Å². The maximum Gasteiger partial charge on any atom is 0.328 e. The van der Waals surface area contributed by atoms with E-state index in [-0.39, 0.29) is 6.61 Å². The number of amides is 1. The highest BCUT2D eigenvalue weighted by Crippen LogP contribution is 2.21. The summed E-state index contributed by atoms with van der Waals surface area (Å²) in [5.74, 6) is -0.892. The lowest BCUT2D eigenvalue weighted by Crippen LogP contribution is -2.43. The summed E-state index contributed by atoms with van der Waals surface area (Å²) < 4.78 is 5.80. The summed E-state index contributed by atoms with van der Waals surface area (Å²) in [6, 6.07) is 13.6. The molecule has 0 aromatic heterocycles. The highest BCUT2D eigenvalue weighted by atomic mass is 79.9. The van der Waals surface area contributed by atoms with Crippen LogP contribution in [0.5, 0.6) is 0 Å². The van der Waals surface area contributed by atoms with Crippen molar-refractivity contribution >= 4 is 39.4 Å². The molecule has 0 saturated carbocycles. The number of carbonyl (C=O) groups is 2. The third-order valence-electron chi connectivity index (χ3n) is 3.33. The third-order valence-corrected chi connectivity index (χ3v) is 4.15. The number of hydrogen-bond acceptors (Lipinski definition) is 3. The van der Waals surface area contributed by atoms with Crippen LogP contribution in [-0.4, -0.2) is 24.5 Å². The maximum atomic E-state index is 12.5. The second-order valence-electron chi connectivity index (χ2n) is 5.09. The summed E-state index contributed by atoms with van der Waals surface area (Å²) in [6.45, 7) is 1.97. The molecule has 24 heavy (non-hydrogen) atoms. The molecule has 4 nitrogen and oxygen atoms in total. The van der Waals surface area contributed by atoms with E-state index in [1.165, 1.54) is 0 Å². The molecular weight excluding hydrogens is 394 g/mol. The van der Waals surface area contributed by atoms with Crippen LogP contribution in [0.2, 0.25) is 5.02 Å². The van der Waals surface area contributed by atoms with Gasteiger partial charge in [0.05, 0.1) is 17.2 Å². The Kier molecular flexibility index (Phi) is 6.82. The summed E-state index contributed by atoms with van der Waals surface area (Å²) in [4.78, 5) is 24.7. The van der Waals surface area contributed by atoms with Crippen molar-refractivity contribution in [3.8, 4) is 0 Å². The first-order valence-electron chi connectivity index (χ1n) is 7.47. The van der Waals surface area contributed by atoms with E-state index in [4.69, 9.17) is 16.3 Å². The second kappa shape index (κ2) is 8.85. The molecule has 1 N–H and O–H groups in total. The fourth-order valence-electron chi connectivity index (χ4n) is 2.19. The number of esters is 1. The Bertz CT molecular complexity index is 721. The lowest BCUT2D eigenvalue weighted by atomic mass is 10.1. The summed E-state index contributed by atoms with van der Waals surface area (Å²) in [6.07, 6.45) is 0.344.